The molecule has 0 spiro atoms. The number of carbonyl (C=O) groups excluding carboxylic acids is 1. The molecule has 146 valence electrons. The van der Waals surface area contributed by atoms with Gasteiger partial charge in [-0.05, 0) is 25.5 Å². The summed E-state index contributed by atoms with van der Waals surface area (Å²) in [4.78, 5) is 23.4. The van der Waals surface area contributed by atoms with Crippen LogP contribution in [0.25, 0.3) is 0 Å². The van der Waals surface area contributed by atoms with Crippen LogP contribution in [-0.2, 0) is 6.54 Å². The number of rotatable bonds is 7. The fourth-order valence-electron chi connectivity index (χ4n) is 3.41. The molecule has 0 unspecified atom stereocenters. The first-order valence-electron chi connectivity index (χ1n) is 9.78. The van der Waals surface area contributed by atoms with Crippen LogP contribution in [0.5, 0.6) is 0 Å². The van der Waals surface area contributed by atoms with Gasteiger partial charge in [0, 0.05) is 63.3 Å². The molecule has 0 radical (unpaired) electrons. The smallest absolute Gasteiger partial charge is 0.252 e. The van der Waals surface area contributed by atoms with Gasteiger partial charge in [0.25, 0.3) is 5.91 Å². The lowest BCUT2D eigenvalue weighted by molar-refractivity contribution is 0.0952. The molecule has 1 atom stereocenters. The van der Waals surface area contributed by atoms with Gasteiger partial charge < -0.3 is 20.1 Å². The van der Waals surface area contributed by atoms with Gasteiger partial charge in [0.1, 0.15) is 11.6 Å². The van der Waals surface area contributed by atoms with Crippen molar-refractivity contribution in [3.63, 3.8) is 0 Å². The van der Waals surface area contributed by atoms with E-state index in [0.29, 0.717) is 24.1 Å². The zero-order chi connectivity index (χ0) is 19.2. The van der Waals surface area contributed by atoms with E-state index in [1.54, 1.807) is 6.20 Å². The third-order valence-electron chi connectivity index (χ3n) is 4.83. The number of piperazine rings is 1. The predicted octanol–water partition coefficient (Wildman–Crippen LogP) is 2.02. The quantitative estimate of drug-likeness (QED) is 0.730. The molecule has 2 aromatic heterocycles. The Hall–Kier alpha value is -2.41. The standard InChI is InChI=1S/C20H30N6O/c1-15(2)19-22-9-11-25(19)10-4-7-23-20(27)17-5-6-18(24-13-17)26-12-8-21-16(3)14-26/h5-6,9,11,13,15-16,21H,4,7-8,10,12,14H2,1-3H3,(H,23,27)/t16-/m1/s1. The summed E-state index contributed by atoms with van der Waals surface area (Å²) < 4.78 is 2.15. The molecule has 0 aromatic carbocycles. The maximum absolute atomic E-state index is 12.3. The van der Waals surface area contributed by atoms with Gasteiger partial charge in [0.2, 0.25) is 0 Å². The number of imidazole rings is 1. The lowest BCUT2D eigenvalue weighted by atomic mass is 10.2. The molecule has 7 heteroatoms. The van der Waals surface area contributed by atoms with Gasteiger partial charge in [-0.1, -0.05) is 13.8 Å². The summed E-state index contributed by atoms with van der Waals surface area (Å²) in [5.41, 5.74) is 0.604. The van der Waals surface area contributed by atoms with Crippen LogP contribution < -0.4 is 15.5 Å². The average molecular weight is 371 g/mol. The van der Waals surface area contributed by atoms with E-state index in [2.05, 4.69) is 50.8 Å². The fourth-order valence-corrected chi connectivity index (χ4v) is 3.41. The predicted molar refractivity (Wildman–Crippen MR) is 107 cm³/mol. The number of nitrogens with zero attached hydrogens (tertiary/aromatic N) is 4. The van der Waals surface area contributed by atoms with E-state index >= 15 is 0 Å². The molecule has 0 bridgehead atoms. The Balaban J connectivity index is 1.46. The minimum atomic E-state index is -0.0718. The minimum Gasteiger partial charge on any atom is -0.354 e. The zero-order valence-electron chi connectivity index (χ0n) is 16.5. The average Bonchev–Trinajstić information content (AvgIpc) is 3.14. The van der Waals surface area contributed by atoms with Gasteiger partial charge >= 0.3 is 0 Å². The summed E-state index contributed by atoms with van der Waals surface area (Å²) in [5, 5.41) is 6.40. The first-order valence-corrected chi connectivity index (χ1v) is 9.78. The molecule has 1 aliphatic heterocycles. The number of aryl methyl sites for hydroxylation is 1. The molecular formula is C20H30N6O. The number of nitrogens with one attached hydrogen (secondary N) is 2. The third-order valence-corrected chi connectivity index (χ3v) is 4.83. The summed E-state index contributed by atoms with van der Waals surface area (Å²) in [6, 6.07) is 4.25. The third kappa shape index (κ3) is 5.07. The zero-order valence-corrected chi connectivity index (χ0v) is 16.5. The molecular weight excluding hydrogens is 340 g/mol. The second-order valence-corrected chi connectivity index (χ2v) is 7.45. The van der Waals surface area contributed by atoms with Crippen molar-refractivity contribution in [3.8, 4) is 0 Å². The van der Waals surface area contributed by atoms with Crippen LogP contribution in [0.15, 0.2) is 30.7 Å². The molecule has 3 rings (SSSR count). The molecule has 1 saturated heterocycles. The Morgan fingerprint density at radius 3 is 2.93 bits per heavy atom. The van der Waals surface area contributed by atoms with Crippen LogP contribution in [0.3, 0.4) is 0 Å². The van der Waals surface area contributed by atoms with Gasteiger partial charge in [0.05, 0.1) is 5.56 Å². The Morgan fingerprint density at radius 2 is 2.22 bits per heavy atom. The highest BCUT2D eigenvalue weighted by atomic mass is 16.1. The number of carbonyl (C=O) groups is 1. The normalized spacial score (nSPS) is 17.3. The summed E-state index contributed by atoms with van der Waals surface area (Å²) in [7, 11) is 0. The van der Waals surface area contributed by atoms with Crippen LogP contribution in [0.2, 0.25) is 0 Å². The molecule has 1 aliphatic rings. The first kappa shape index (κ1) is 19.4. The van der Waals surface area contributed by atoms with Crippen LogP contribution >= 0.6 is 0 Å². The second-order valence-electron chi connectivity index (χ2n) is 7.45. The molecule has 0 saturated carbocycles. The van der Waals surface area contributed by atoms with Crippen LogP contribution in [0.1, 0.15) is 49.3 Å². The first-order chi connectivity index (χ1) is 13.0. The molecule has 3 heterocycles. The topological polar surface area (TPSA) is 75.1 Å². The van der Waals surface area contributed by atoms with Crippen molar-refractivity contribution >= 4 is 11.7 Å². The maximum atomic E-state index is 12.3. The molecule has 27 heavy (non-hydrogen) atoms. The molecule has 2 aromatic rings. The molecule has 7 nitrogen and oxygen atoms in total. The van der Waals surface area contributed by atoms with E-state index in [1.807, 2.05) is 24.5 Å². The summed E-state index contributed by atoms with van der Waals surface area (Å²) >= 11 is 0. The number of hydrogen-bond donors (Lipinski definition) is 2. The van der Waals surface area contributed by atoms with Gasteiger partial charge in [-0.2, -0.15) is 0 Å². The number of hydrogen-bond acceptors (Lipinski definition) is 5. The summed E-state index contributed by atoms with van der Waals surface area (Å²) in [6.45, 7) is 10.8. The van der Waals surface area contributed by atoms with Crippen molar-refractivity contribution < 1.29 is 4.79 Å². The molecule has 2 N–H and O–H groups in total. The highest BCUT2D eigenvalue weighted by Crippen LogP contribution is 2.14. The SMILES string of the molecule is CC(C)c1nccn1CCCNC(=O)c1ccc(N2CCN[C@H](C)C2)nc1. The van der Waals surface area contributed by atoms with E-state index in [0.717, 1.165) is 44.2 Å². The van der Waals surface area contributed by atoms with Crippen LogP contribution in [-0.4, -0.2) is 52.7 Å². The minimum absolute atomic E-state index is 0.0718. The number of amides is 1. The molecule has 1 amide bonds. The Morgan fingerprint density at radius 1 is 1.37 bits per heavy atom. The van der Waals surface area contributed by atoms with Crippen LogP contribution in [0, 0.1) is 0 Å². The summed E-state index contributed by atoms with van der Waals surface area (Å²) in [5.74, 6) is 2.35. The maximum Gasteiger partial charge on any atom is 0.252 e. The molecule has 0 aliphatic carbocycles. The van der Waals surface area contributed by atoms with Crippen molar-refractivity contribution in [2.75, 3.05) is 31.1 Å². The largest absolute Gasteiger partial charge is 0.354 e. The lowest BCUT2D eigenvalue weighted by Gasteiger charge is -2.32. The summed E-state index contributed by atoms with van der Waals surface area (Å²) in [6.07, 6.45) is 6.37. The number of anilines is 1. The van der Waals surface area contributed by atoms with Crippen molar-refractivity contribution in [2.24, 2.45) is 0 Å². The Kier molecular flexibility index (Phi) is 6.45. The number of aromatic nitrogens is 3. The van der Waals surface area contributed by atoms with E-state index in [9.17, 15) is 4.79 Å². The fraction of sp³-hybridized carbons (Fsp3) is 0.550. The van der Waals surface area contributed by atoms with E-state index in [1.165, 1.54) is 0 Å². The second kappa shape index (κ2) is 8.99. The van der Waals surface area contributed by atoms with Gasteiger partial charge in [0.15, 0.2) is 0 Å². The van der Waals surface area contributed by atoms with Crippen molar-refractivity contribution in [1.29, 1.82) is 0 Å². The van der Waals surface area contributed by atoms with Gasteiger partial charge in [-0.3, -0.25) is 4.79 Å². The monoisotopic (exact) mass is 370 g/mol. The molecule has 1 fully saturated rings. The Bertz CT molecular complexity index is 739. The van der Waals surface area contributed by atoms with E-state index < -0.39 is 0 Å². The van der Waals surface area contributed by atoms with E-state index in [4.69, 9.17) is 0 Å². The van der Waals surface area contributed by atoms with Gasteiger partial charge in [-0.15, -0.1) is 0 Å². The van der Waals surface area contributed by atoms with Crippen molar-refractivity contribution in [2.45, 2.75) is 45.7 Å². The van der Waals surface area contributed by atoms with Crippen molar-refractivity contribution in [1.82, 2.24) is 25.2 Å². The lowest BCUT2D eigenvalue weighted by Crippen LogP contribution is -2.49. The number of pyridine rings is 1. The Labute approximate surface area is 161 Å². The van der Waals surface area contributed by atoms with E-state index in [-0.39, 0.29) is 5.91 Å². The van der Waals surface area contributed by atoms with Crippen LogP contribution in [0.4, 0.5) is 5.82 Å². The highest BCUT2D eigenvalue weighted by molar-refractivity contribution is 5.94. The highest BCUT2D eigenvalue weighted by Gasteiger charge is 2.17. The van der Waals surface area contributed by atoms with Gasteiger partial charge in [-0.25, -0.2) is 9.97 Å². The van der Waals surface area contributed by atoms with Crippen molar-refractivity contribution in [3.05, 3.63) is 42.1 Å².